The molecule has 0 bridgehead atoms. The Kier molecular flexibility index (Phi) is 4.14. The van der Waals surface area contributed by atoms with Crippen LogP contribution in [0, 0.1) is 0 Å². The van der Waals surface area contributed by atoms with E-state index in [0.717, 1.165) is 33.6 Å². The summed E-state index contributed by atoms with van der Waals surface area (Å²) in [5.74, 6) is 0.0745. The summed E-state index contributed by atoms with van der Waals surface area (Å²) in [6.45, 7) is 0. The summed E-state index contributed by atoms with van der Waals surface area (Å²) >= 11 is 0. The van der Waals surface area contributed by atoms with E-state index in [0.29, 0.717) is 11.4 Å². The first kappa shape index (κ1) is 18.1. The zero-order valence-electron chi connectivity index (χ0n) is 16.8. The highest BCUT2D eigenvalue weighted by molar-refractivity contribution is 6.21. The summed E-state index contributed by atoms with van der Waals surface area (Å²) in [5.41, 5.74) is 6.51. The van der Waals surface area contributed by atoms with Crippen molar-refractivity contribution < 1.29 is 9.59 Å². The number of benzene rings is 3. The maximum Gasteiger partial charge on any atom is 0.211 e. The fourth-order valence-electron chi connectivity index (χ4n) is 4.09. The number of hydrogen-bond donors (Lipinski definition) is 0. The SMILES string of the molecule is CN1/C(=C/c2ccc(/C=C3\C(=O)c4ccccc4N3C)cc2)C(=O)c2ccccc21. The van der Waals surface area contributed by atoms with Crippen molar-refractivity contribution in [2.45, 2.75) is 0 Å². The van der Waals surface area contributed by atoms with Crippen LogP contribution in [0.4, 0.5) is 11.4 Å². The number of hydrogen-bond acceptors (Lipinski definition) is 4. The molecule has 3 aromatic carbocycles. The van der Waals surface area contributed by atoms with E-state index < -0.39 is 0 Å². The van der Waals surface area contributed by atoms with Gasteiger partial charge in [0.2, 0.25) is 11.6 Å². The van der Waals surface area contributed by atoms with Crippen LogP contribution in [0.1, 0.15) is 31.8 Å². The predicted molar refractivity (Wildman–Crippen MR) is 121 cm³/mol. The number of rotatable bonds is 2. The number of ketones is 2. The summed E-state index contributed by atoms with van der Waals surface area (Å²) in [7, 11) is 3.82. The lowest BCUT2D eigenvalue weighted by Gasteiger charge is -2.14. The van der Waals surface area contributed by atoms with Crippen molar-refractivity contribution in [3.63, 3.8) is 0 Å². The Hall–Kier alpha value is -3.92. The number of carbonyl (C=O) groups is 2. The maximum atomic E-state index is 12.7. The van der Waals surface area contributed by atoms with Crippen molar-refractivity contribution in [2.24, 2.45) is 0 Å². The van der Waals surface area contributed by atoms with E-state index >= 15 is 0 Å². The minimum Gasteiger partial charge on any atom is -0.341 e. The zero-order valence-corrected chi connectivity index (χ0v) is 16.8. The van der Waals surface area contributed by atoms with Crippen LogP contribution in [-0.2, 0) is 0 Å². The van der Waals surface area contributed by atoms with Gasteiger partial charge in [-0.1, -0.05) is 48.5 Å². The molecule has 0 N–H and O–H groups in total. The number of allylic oxidation sites excluding steroid dienone is 2. The summed E-state index contributed by atoms with van der Waals surface area (Å²) < 4.78 is 0. The summed E-state index contributed by atoms with van der Waals surface area (Å²) in [5, 5.41) is 0. The van der Waals surface area contributed by atoms with Crippen molar-refractivity contribution in [3.8, 4) is 0 Å². The number of para-hydroxylation sites is 2. The summed E-state index contributed by atoms with van der Waals surface area (Å²) in [6, 6.07) is 23.1. The van der Waals surface area contributed by atoms with Gasteiger partial charge in [0.25, 0.3) is 0 Å². The van der Waals surface area contributed by atoms with Gasteiger partial charge >= 0.3 is 0 Å². The fraction of sp³-hybridized carbons (Fsp3) is 0.0769. The van der Waals surface area contributed by atoms with E-state index in [1.807, 2.05) is 109 Å². The summed E-state index contributed by atoms with van der Waals surface area (Å²) in [6.07, 6.45) is 3.81. The van der Waals surface area contributed by atoms with Crippen molar-refractivity contribution in [2.75, 3.05) is 23.9 Å². The van der Waals surface area contributed by atoms with Crippen molar-refractivity contribution in [3.05, 3.63) is 106 Å². The first-order valence-corrected chi connectivity index (χ1v) is 9.83. The first-order chi connectivity index (χ1) is 14.5. The molecule has 0 amide bonds. The van der Waals surface area contributed by atoms with Gasteiger partial charge in [-0.2, -0.15) is 0 Å². The molecule has 2 aliphatic heterocycles. The molecular weight excluding hydrogens is 372 g/mol. The van der Waals surface area contributed by atoms with Crippen molar-refractivity contribution >= 4 is 35.1 Å². The number of likely N-dealkylation sites (N-methyl/N-ethyl adjacent to an activating group) is 2. The molecule has 2 aliphatic rings. The Morgan fingerprint density at radius 3 is 1.30 bits per heavy atom. The number of carbonyl (C=O) groups excluding carboxylic acids is 2. The Morgan fingerprint density at radius 1 is 0.567 bits per heavy atom. The average Bonchev–Trinajstić information content (AvgIpc) is 3.16. The fourth-order valence-corrected chi connectivity index (χ4v) is 4.09. The monoisotopic (exact) mass is 392 g/mol. The van der Waals surface area contributed by atoms with Crippen molar-refractivity contribution in [1.29, 1.82) is 0 Å². The molecule has 3 aromatic rings. The lowest BCUT2D eigenvalue weighted by Crippen LogP contribution is -2.14. The Bertz CT molecular complexity index is 1150. The largest absolute Gasteiger partial charge is 0.341 e. The molecule has 5 rings (SSSR count). The van der Waals surface area contributed by atoms with Crippen LogP contribution in [0.3, 0.4) is 0 Å². The van der Waals surface area contributed by atoms with Gasteiger partial charge < -0.3 is 9.80 Å². The van der Waals surface area contributed by atoms with Gasteiger partial charge in [-0.25, -0.2) is 0 Å². The second-order valence-corrected chi connectivity index (χ2v) is 7.54. The third-order valence-corrected chi connectivity index (χ3v) is 5.75. The zero-order chi connectivity index (χ0) is 20.8. The Balaban J connectivity index is 1.43. The topological polar surface area (TPSA) is 40.6 Å². The van der Waals surface area contributed by atoms with Crippen LogP contribution in [0.2, 0.25) is 0 Å². The first-order valence-electron chi connectivity index (χ1n) is 9.83. The van der Waals surface area contributed by atoms with Crippen LogP contribution in [0.15, 0.2) is 84.2 Å². The van der Waals surface area contributed by atoms with Crippen LogP contribution < -0.4 is 9.80 Å². The highest BCUT2D eigenvalue weighted by Gasteiger charge is 2.30. The smallest absolute Gasteiger partial charge is 0.211 e. The number of fused-ring (bicyclic) bond motifs is 2. The number of anilines is 2. The molecule has 4 heteroatoms. The van der Waals surface area contributed by atoms with E-state index in [-0.39, 0.29) is 11.6 Å². The lowest BCUT2D eigenvalue weighted by atomic mass is 10.1. The number of nitrogens with zero attached hydrogens (tertiary/aromatic N) is 2. The van der Waals surface area contributed by atoms with E-state index in [4.69, 9.17) is 0 Å². The average molecular weight is 392 g/mol. The van der Waals surface area contributed by atoms with Crippen LogP contribution >= 0.6 is 0 Å². The third-order valence-electron chi connectivity index (χ3n) is 5.75. The Labute approximate surface area is 175 Å². The molecule has 2 heterocycles. The minimum absolute atomic E-state index is 0.0373. The van der Waals surface area contributed by atoms with Crippen LogP contribution in [0.25, 0.3) is 12.2 Å². The molecule has 0 spiro atoms. The summed E-state index contributed by atoms with van der Waals surface area (Å²) in [4.78, 5) is 29.3. The van der Waals surface area contributed by atoms with E-state index in [1.54, 1.807) is 0 Å². The quantitative estimate of drug-likeness (QED) is 0.573. The molecular formula is C26H20N2O2. The van der Waals surface area contributed by atoms with Gasteiger partial charge in [0.15, 0.2) is 0 Å². The standard InChI is InChI=1S/C26H20N2O2/c1-27-21-9-5-3-7-19(21)25(29)23(27)15-17-11-13-18(14-12-17)16-24-26(30)20-8-4-6-10-22(20)28(24)2/h3-16H,1-2H3/b23-15+,24-16+. The second kappa shape index (κ2) is 6.85. The van der Waals surface area contributed by atoms with Gasteiger partial charge in [0, 0.05) is 25.2 Å². The van der Waals surface area contributed by atoms with Gasteiger partial charge in [-0.05, 0) is 47.5 Å². The van der Waals surface area contributed by atoms with E-state index in [9.17, 15) is 9.59 Å². The maximum absolute atomic E-state index is 12.7. The highest BCUT2D eigenvalue weighted by Crippen LogP contribution is 2.35. The van der Waals surface area contributed by atoms with Gasteiger partial charge in [-0.15, -0.1) is 0 Å². The third kappa shape index (κ3) is 2.77. The lowest BCUT2D eigenvalue weighted by molar-refractivity contribution is 0.103. The molecule has 0 radical (unpaired) electrons. The molecule has 146 valence electrons. The van der Waals surface area contributed by atoms with E-state index in [2.05, 4.69) is 0 Å². The molecule has 30 heavy (non-hydrogen) atoms. The molecule has 0 aromatic heterocycles. The van der Waals surface area contributed by atoms with Crippen molar-refractivity contribution in [1.82, 2.24) is 0 Å². The minimum atomic E-state index is 0.0373. The normalized spacial score (nSPS) is 17.8. The van der Waals surface area contributed by atoms with Crippen LogP contribution in [0.5, 0.6) is 0 Å². The molecule has 0 aliphatic carbocycles. The van der Waals surface area contributed by atoms with Crippen LogP contribution in [-0.4, -0.2) is 25.7 Å². The van der Waals surface area contributed by atoms with Gasteiger partial charge in [0.1, 0.15) is 0 Å². The highest BCUT2D eigenvalue weighted by atomic mass is 16.1. The molecule has 0 saturated heterocycles. The molecule has 0 fully saturated rings. The predicted octanol–water partition coefficient (Wildman–Crippen LogP) is 5.03. The number of Topliss-reactive ketones (excluding diaryl/α,β-unsaturated/α-hetero) is 2. The second-order valence-electron chi connectivity index (χ2n) is 7.54. The molecule has 4 nitrogen and oxygen atoms in total. The Morgan fingerprint density at radius 2 is 0.933 bits per heavy atom. The van der Waals surface area contributed by atoms with Gasteiger partial charge in [0.05, 0.1) is 22.8 Å². The van der Waals surface area contributed by atoms with Gasteiger partial charge in [-0.3, -0.25) is 9.59 Å². The van der Waals surface area contributed by atoms with E-state index in [1.165, 1.54) is 0 Å². The molecule has 0 saturated carbocycles. The molecule has 0 atom stereocenters. The molecule has 0 unspecified atom stereocenters.